The minimum Gasteiger partial charge on any atom is -0.385 e. The molecule has 0 heterocycles. The van der Waals surface area contributed by atoms with Gasteiger partial charge in [0.15, 0.2) is 0 Å². The summed E-state index contributed by atoms with van der Waals surface area (Å²) >= 11 is 3.45. The van der Waals surface area contributed by atoms with Gasteiger partial charge in [-0.05, 0) is 53.4 Å². The molecule has 1 nitrogen and oxygen atoms in total. The van der Waals surface area contributed by atoms with Crippen LogP contribution in [0.2, 0.25) is 0 Å². The fourth-order valence-electron chi connectivity index (χ4n) is 2.59. The van der Waals surface area contributed by atoms with E-state index in [1.54, 1.807) is 0 Å². The van der Waals surface area contributed by atoms with Gasteiger partial charge in [-0.2, -0.15) is 0 Å². The fraction of sp³-hybridized carbons (Fsp3) is 0.158. The van der Waals surface area contributed by atoms with E-state index in [4.69, 9.17) is 0 Å². The molecular weight excluding hydrogens is 322 g/mol. The summed E-state index contributed by atoms with van der Waals surface area (Å²) in [6, 6.07) is 23.5. The Kier molecular flexibility index (Phi) is 4.56. The monoisotopic (exact) mass is 339 g/mol. The van der Waals surface area contributed by atoms with Crippen LogP contribution in [-0.2, 0) is 6.42 Å². The standard InChI is InChI=1S/C19H18BrN/c20-17-10-12-18(13-11-17)21-14-4-8-16-7-3-6-15-5-1-2-9-19(15)16/h1-3,5-7,9-13,21H,4,8,14H2. The lowest BCUT2D eigenvalue weighted by Gasteiger charge is -2.08. The molecule has 0 saturated heterocycles. The summed E-state index contributed by atoms with van der Waals surface area (Å²) in [4.78, 5) is 0. The first kappa shape index (κ1) is 14.2. The summed E-state index contributed by atoms with van der Waals surface area (Å²) in [6.45, 7) is 0.991. The Balaban J connectivity index is 1.58. The zero-order chi connectivity index (χ0) is 14.5. The van der Waals surface area contributed by atoms with Crippen molar-refractivity contribution >= 4 is 32.4 Å². The van der Waals surface area contributed by atoms with E-state index in [2.05, 4.69) is 88.0 Å². The van der Waals surface area contributed by atoms with Crippen molar-refractivity contribution in [3.8, 4) is 0 Å². The first-order chi connectivity index (χ1) is 10.3. The summed E-state index contributed by atoms with van der Waals surface area (Å²) in [7, 11) is 0. The molecule has 0 atom stereocenters. The van der Waals surface area contributed by atoms with Crippen LogP contribution in [-0.4, -0.2) is 6.54 Å². The molecule has 0 saturated carbocycles. The van der Waals surface area contributed by atoms with Crippen LogP contribution in [0, 0.1) is 0 Å². The minimum atomic E-state index is 0.991. The SMILES string of the molecule is Brc1ccc(NCCCc2cccc3ccccc23)cc1. The highest BCUT2D eigenvalue weighted by atomic mass is 79.9. The Bertz CT molecular complexity index is 714. The van der Waals surface area contributed by atoms with E-state index in [1.807, 2.05) is 0 Å². The molecule has 3 rings (SSSR count). The van der Waals surface area contributed by atoms with Gasteiger partial charge in [0.1, 0.15) is 0 Å². The van der Waals surface area contributed by atoms with Gasteiger partial charge in [0, 0.05) is 16.7 Å². The van der Waals surface area contributed by atoms with E-state index >= 15 is 0 Å². The second kappa shape index (κ2) is 6.77. The molecule has 0 unspecified atom stereocenters. The fourth-order valence-corrected chi connectivity index (χ4v) is 2.85. The molecule has 0 amide bonds. The van der Waals surface area contributed by atoms with E-state index in [0.717, 1.165) is 23.9 Å². The Morgan fingerprint density at radius 1 is 0.810 bits per heavy atom. The molecule has 0 aliphatic rings. The van der Waals surface area contributed by atoms with Gasteiger partial charge in [-0.3, -0.25) is 0 Å². The second-order valence-electron chi connectivity index (χ2n) is 5.18. The third kappa shape index (κ3) is 3.64. The molecule has 21 heavy (non-hydrogen) atoms. The topological polar surface area (TPSA) is 12.0 Å². The van der Waals surface area contributed by atoms with Crippen molar-refractivity contribution in [2.45, 2.75) is 12.8 Å². The van der Waals surface area contributed by atoms with Gasteiger partial charge >= 0.3 is 0 Å². The zero-order valence-corrected chi connectivity index (χ0v) is 13.4. The summed E-state index contributed by atoms with van der Waals surface area (Å²) in [6.07, 6.45) is 2.23. The zero-order valence-electron chi connectivity index (χ0n) is 11.9. The quantitative estimate of drug-likeness (QED) is 0.592. The maximum atomic E-state index is 3.47. The predicted molar refractivity (Wildman–Crippen MR) is 94.9 cm³/mol. The van der Waals surface area contributed by atoms with E-state index in [9.17, 15) is 0 Å². The molecule has 0 aliphatic heterocycles. The third-order valence-corrected chi connectivity index (χ3v) is 4.20. The number of rotatable bonds is 5. The molecule has 2 heteroatoms. The van der Waals surface area contributed by atoms with Crippen LogP contribution in [0.1, 0.15) is 12.0 Å². The van der Waals surface area contributed by atoms with Crippen LogP contribution in [0.3, 0.4) is 0 Å². The first-order valence-corrected chi connectivity index (χ1v) is 8.08. The highest BCUT2D eigenvalue weighted by Gasteiger charge is 2.00. The second-order valence-corrected chi connectivity index (χ2v) is 6.09. The normalized spacial score (nSPS) is 10.7. The molecule has 0 aliphatic carbocycles. The van der Waals surface area contributed by atoms with Gasteiger partial charge in [-0.1, -0.05) is 58.4 Å². The van der Waals surface area contributed by atoms with Gasteiger partial charge in [0.2, 0.25) is 0 Å². The molecule has 0 spiro atoms. The maximum absolute atomic E-state index is 3.47. The third-order valence-electron chi connectivity index (χ3n) is 3.68. The molecule has 0 aromatic heterocycles. The number of hydrogen-bond acceptors (Lipinski definition) is 1. The van der Waals surface area contributed by atoms with E-state index in [0.29, 0.717) is 0 Å². The summed E-state index contributed by atoms with van der Waals surface area (Å²) < 4.78 is 1.11. The van der Waals surface area contributed by atoms with Crippen molar-refractivity contribution in [1.29, 1.82) is 0 Å². The molecule has 0 radical (unpaired) electrons. The van der Waals surface area contributed by atoms with Crippen LogP contribution in [0.5, 0.6) is 0 Å². The van der Waals surface area contributed by atoms with Crippen molar-refractivity contribution in [2.24, 2.45) is 0 Å². The van der Waals surface area contributed by atoms with E-state index in [1.165, 1.54) is 22.0 Å². The van der Waals surface area contributed by atoms with Gasteiger partial charge in [-0.25, -0.2) is 0 Å². The number of aryl methyl sites for hydroxylation is 1. The van der Waals surface area contributed by atoms with Crippen molar-refractivity contribution in [3.63, 3.8) is 0 Å². The summed E-state index contributed by atoms with van der Waals surface area (Å²) in [5.41, 5.74) is 2.61. The summed E-state index contributed by atoms with van der Waals surface area (Å²) in [5.74, 6) is 0. The lowest BCUT2D eigenvalue weighted by atomic mass is 10.0. The van der Waals surface area contributed by atoms with Gasteiger partial charge in [0.05, 0.1) is 0 Å². The van der Waals surface area contributed by atoms with Crippen LogP contribution in [0.15, 0.2) is 71.2 Å². The Morgan fingerprint density at radius 3 is 2.43 bits per heavy atom. The van der Waals surface area contributed by atoms with Gasteiger partial charge in [-0.15, -0.1) is 0 Å². The van der Waals surface area contributed by atoms with Crippen LogP contribution in [0.4, 0.5) is 5.69 Å². The Labute approximate surface area is 134 Å². The number of fused-ring (bicyclic) bond motifs is 1. The van der Waals surface area contributed by atoms with Crippen LogP contribution in [0.25, 0.3) is 10.8 Å². The predicted octanol–water partition coefficient (Wildman–Crippen LogP) is 5.65. The highest BCUT2D eigenvalue weighted by Crippen LogP contribution is 2.20. The maximum Gasteiger partial charge on any atom is 0.0340 e. The molecule has 0 bridgehead atoms. The highest BCUT2D eigenvalue weighted by molar-refractivity contribution is 9.10. The van der Waals surface area contributed by atoms with Crippen molar-refractivity contribution in [3.05, 3.63) is 76.8 Å². The molecule has 3 aromatic rings. The number of halogens is 1. The minimum absolute atomic E-state index is 0.991. The van der Waals surface area contributed by atoms with Crippen molar-refractivity contribution < 1.29 is 0 Å². The van der Waals surface area contributed by atoms with E-state index < -0.39 is 0 Å². The number of nitrogens with one attached hydrogen (secondary N) is 1. The lowest BCUT2D eigenvalue weighted by molar-refractivity contribution is 0.868. The average Bonchev–Trinajstić information content (AvgIpc) is 2.53. The molecule has 0 fully saturated rings. The Hall–Kier alpha value is -1.80. The first-order valence-electron chi connectivity index (χ1n) is 7.29. The van der Waals surface area contributed by atoms with Gasteiger partial charge in [0.25, 0.3) is 0 Å². The largest absolute Gasteiger partial charge is 0.385 e. The van der Waals surface area contributed by atoms with Crippen LogP contribution < -0.4 is 5.32 Å². The number of anilines is 1. The molecular formula is C19H18BrN. The number of benzene rings is 3. The number of hydrogen-bond donors (Lipinski definition) is 1. The van der Waals surface area contributed by atoms with Gasteiger partial charge < -0.3 is 5.32 Å². The van der Waals surface area contributed by atoms with Crippen molar-refractivity contribution in [1.82, 2.24) is 0 Å². The van der Waals surface area contributed by atoms with Crippen molar-refractivity contribution in [2.75, 3.05) is 11.9 Å². The average molecular weight is 340 g/mol. The smallest absolute Gasteiger partial charge is 0.0340 e. The molecule has 106 valence electrons. The Morgan fingerprint density at radius 2 is 1.57 bits per heavy atom. The summed E-state index contributed by atoms with van der Waals surface area (Å²) in [5, 5.41) is 6.18. The van der Waals surface area contributed by atoms with E-state index in [-0.39, 0.29) is 0 Å². The molecule has 3 aromatic carbocycles. The lowest BCUT2D eigenvalue weighted by Crippen LogP contribution is -2.03. The molecule has 1 N–H and O–H groups in total. The van der Waals surface area contributed by atoms with Crippen LogP contribution >= 0.6 is 15.9 Å².